The van der Waals surface area contributed by atoms with Gasteiger partial charge in [-0.15, -0.1) is 12.4 Å². The highest BCUT2D eigenvalue weighted by atomic mass is 35.5. The molecule has 7 heteroatoms. The Morgan fingerprint density at radius 3 is 2.70 bits per heavy atom. The summed E-state index contributed by atoms with van der Waals surface area (Å²) in [5, 5.41) is 11.2. The van der Waals surface area contributed by atoms with Gasteiger partial charge >= 0.3 is 0 Å². The summed E-state index contributed by atoms with van der Waals surface area (Å²) in [6, 6.07) is 20.3. The van der Waals surface area contributed by atoms with Crippen LogP contribution in [0.2, 0.25) is 0 Å². The number of ether oxygens (including phenoxy) is 1. The molecule has 1 aliphatic heterocycles. The Balaban J connectivity index is 0.00000256. The second-order valence-corrected chi connectivity index (χ2v) is 7.35. The van der Waals surface area contributed by atoms with E-state index in [0.717, 1.165) is 28.9 Å². The molecule has 1 unspecified atom stereocenters. The number of hydrogen-bond donors (Lipinski definition) is 2. The fraction of sp³-hybridized carbons (Fsp3) is 0.304. The third-order valence-corrected chi connectivity index (χ3v) is 5.07. The van der Waals surface area contributed by atoms with Crippen molar-refractivity contribution in [3.8, 4) is 11.3 Å². The van der Waals surface area contributed by atoms with E-state index in [4.69, 9.17) is 9.84 Å². The molecule has 1 saturated heterocycles. The minimum absolute atomic E-state index is 0. The molecule has 1 amide bonds. The molecule has 158 valence electrons. The van der Waals surface area contributed by atoms with Crippen LogP contribution in [0.1, 0.15) is 17.5 Å². The van der Waals surface area contributed by atoms with Crippen molar-refractivity contribution in [3.63, 3.8) is 0 Å². The second kappa shape index (κ2) is 10.4. The van der Waals surface area contributed by atoms with Gasteiger partial charge in [0, 0.05) is 30.6 Å². The summed E-state index contributed by atoms with van der Waals surface area (Å²) in [5.41, 5.74) is 4.20. The number of aryl methyl sites for hydroxylation is 1. The lowest BCUT2D eigenvalue weighted by atomic mass is 10.1. The van der Waals surface area contributed by atoms with Crippen molar-refractivity contribution < 1.29 is 9.53 Å². The number of benzene rings is 2. The van der Waals surface area contributed by atoms with Crippen LogP contribution in [0.3, 0.4) is 0 Å². The van der Waals surface area contributed by atoms with Crippen molar-refractivity contribution in [2.45, 2.75) is 25.9 Å². The largest absolute Gasteiger partial charge is 0.378 e. The molecule has 2 aromatic carbocycles. The van der Waals surface area contributed by atoms with Crippen LogP contribution in [0.15, 0.2) is 60.7 Å². The molecule has 4 rings (SSSR count). The van der Waals surface area contributed by atoms with Gasteiger partial charge in [-0.2, -0.15) is 5.10 Å². The number of aromatic nitrogens is 2. The summed E-state index contributed by atoms with van der Waals surface area (Å²) < 4.78 is 7.31. The van der Waals surface area contributed by atoms with Crippen molar-refractivity contribution in [2.24, 2.45) is 0 Å². The first-order valence-electron chi connectivity index (χ1n) is 9.98. The van der Waals surface area contributed by atoms with Gasteiger partial charge in [0.25, 0.3) is 0 Å². The summed E-state index contributed by atoms with van der Waals surface area (Å²) in [5.74, 6) is 0.660. The standard InChI is InChI=1S/C23H26N4O2.ClH/c1-17-7-5-6-10-20(17)21-14-22(25-23(28)13-19-16-29-12-11-24-19)27(26-21)15-18-8-3-2-4-9-18;/h2-10,14,19,24H,11-13,15-16H2,1H3,(H,25,28);1H. The van der Waals surface area contributed by atoms with Crippen LogP contribution in [-0.4, -0.2) is 41.5 Å². The molecule has 1 fully saturated rings. The monoisotopic (exact) mass is 426 g/mol. The second-order valence-electron chi connectivity index (χ2n) is 7.35. The zero-order valence-corrected chi connectivity index (χ0v) is 17.8. The van der Waals surface area contributed by atoms with Gasteiger partial charge in [-0.25, -0.2) is 4.68 Å². The summed E-state index contributed by atoms with van der Waals surface area (Å²) in [6.45, 7) is 4.69. The molecule has 30 heavy (non-hydrogen) atoms. The number of morpholine rings is 1. The maximum absolute atomic E-state index is 12.7. The van der Waals surface area contributed by atoms with Crippen molar-refractivity contribution in [2.75, 3.05) is 25.1 Å². The van der Waals surface area contributed by atoms with Gasteiger partial charge in [0.2, 0.25) is 5.91 Å². The van der Waals surface area contributed by atoms with Gasteiger partial charge in [0.05, 0.1) is 25.5 Å². The smallest absolute Gasteiger partial charge is 0.227 e. The van der Waals surface area contributed by atoms with Crippen LogP contribution in [0.5, 0.6) is 0 Å². The van der Waals surface area contributed by atoms with Crippen LogP contribution < -0.4 is 10.6 Å². The fourth-order valence-corrected chi connectivity index (χ4v) is 3.55. The van der Waals surface area contributed by atoms with Gasteiger partial charge in [0.15, 0.2) is 0 Å². The fourth-order valence-electron chi connectivity index (χ4n) is 3.55. The Kier molecular flexibility index (Phi) is 7.63. The molecule has 6 nitrogen and oxygen atoms in total. The molecule has 1 aromatic heterocycles. The zero-order valence-electron chi connectivity index (χ0n) is 17.0. The normalized spacial score (nSPS) is 16.0. The van der Waals surface area contributed by atoms with Crippen LogP contribution >= 0.6 is 12.4 Å². The average molecular weight is 427 g/mol. The van der Waals surface area contributed by atoms with Crippen molar-refractivity contribution >= 4 is 24.1 Å². The summed E-state index contributed by atoms with van der Waals surface area (Å²) in [4.78, 5) is 12.7. The highest BCUT2D eigenvalue weighted by Crippen LogP contribution is 2.25. The SMILES string of the molecule is Cc1ccccc1-c1cc(NC(=O)CC2COCCN2)n(Cc2ccccc2)n1.Cl. The maximum atomic E-state index is 12.7. The first kappa shape index (κ1) is 22.0. The molecule has 2 heterocycles. The first-order chi connectivity index (χ1) is 14.2. The molecule has 2 N–H and O–H groups in total. The van der Waals surface area contributed by atoms with Crippen molar-refractivity contribution in [1.82, 2.24) is 15.1 Å². The number of anilines is 1. The third kappa shape index (κ3) is 5.48. The van der Waals surface area contributed by atoms with E-state index >= 15 is 0 Å². The Hall–Kier alpha value is -2.67. The lowest BCUT2D eigenvalue weighted by Crippen LogP contribution is -2.43. The number of halogens is 1. The van der Waals surface area contributed by atoms with Crippen LogP contribution in [0.4, 0.5) is 5.82 Å². The van der Waals surface area contributed by atoms with E-state index < -0.39 is 0 Å². The lowest BCUT2D eigenvalue weighted by molar-refractivity contribution is -0.117. The van der Waals surface area contributed by atoms with Gasteiger partial charge in [-0.3, -0.25) is 4.79 Å². The molecule has 1 aliphatic rings. The minimum atomic E-state index is -0.0430. The predicted molar refractivity (Wildman–Crippen MR) is 121 cm³/mol. The summed E-state index contributed by atoms with van der Waals surface area (Å²) in [7, 11) is 0. The lowest BCUT2D eigenvalue weighted by Gasteiger charge is -2.23. The molecule has 3 aromatic rings. The molecule has 0 spiro atoms. The molecule has 0 aliphatic carbocycles. The molecule has 0 bridgehead atoms. The predicted octanol–water partition coefficient (Wildman–Crippen LogP) is 3.65. The van der Waals surface area contributed by atoms with E-state index in [2.05, 4.69) is 41.8 Å². The van der Waals surface area contributed by atoms with Gasteiger partial charge < -0.3 is 15.4 Å². The molecule has 0 saturated carbocycles. The van der Waals surface area contributed by atoms with Crippen molar-refractivity contribution in [3.05, 3.63) is 71.8 Å². The molecular weight excluding hydrogens is 400 g/mol. The van der Waals surface area contributed by atoms with E-state index in [1.54, 1.807) is 0 Å². The number of rotatable bonds is 6. The average Bonchev–Trinajstić information content (AvgIpc) is 3.11. The van der Waals surface area contributed by atoms with E-state index in [1.165, 1.54) is 0 Å². The van der Waals surface area contributed by atoms with Crippen molar-refractivity contribution in [1.29, 1.82) is 0 Å². The van der Waals surface area contributed by atoms with Gasteiger partial charge in [-0.05, 0) is 18.1 Å². The number of carbonyl (C=O) groups excluding carboxylic acids is 1. The third-order valence-electron chi connectivity index (χ3n) is 5.07. The van der Waals surface area contributed by atoms with E-state index in [1.807, 2.05) is 41.1 Å². The number of nitrogens with one attached hydrogen (secondary N) is 2. The Labute approximate surface area is 183 Å². The number of nitrogens with zero attached hydrogens (tertiary/aromatic N) is 2. The molecular formula is C23H27ClN4O2. The van der Waals surface area contributed by atoms with Crippen LogP contribution in [0, 0.1) is 6.92 Å². The maximum Gasteiger partial charge on any atom is 0.227 e. The van der Waals surface area contributed by atoms with Gasteiger partial charge in [0.1, 0.15) is 5.82 Å². The topological polar surface area (TPSA) is 68.2 Å². The minimum Gasteiger partial charge on any atom is -0.378 e. The molecule has 1 atom stereocenters. The highest BCUT2D eigenvalue weighted by Gasteiger charge is 2.19. The Bertz CT molecular complexity index is 968. The quantitative estimate of drug-likeness (QED) is 0.631. The Morgan fingerprint density at radius 2 is 1.97 bits per heavy atom. The number of carbonyl (C=O) groups is 1. The summed E-state index contributed by atoms with van der Waals surface area (Å²) in [6.07, 6.45) is 0.371. The van der Waals surface area contributed by atoms with E-state index in [-0.39, 0.29) is 24.4 Å². The van der Waals surface area contributed by atoms with E-state index in [9.17, 15) is 4.79 Å². The first-order valence-corrected chi connectivity index (χ1v) is 9.98. The number of amides is 1. The number of hydrogen-bond acceptors (Lipinski definition) is 4. The summed E-state index contributed by atoms with van der Waals surface area (Å²) >= 11 is 0. The Morgan fingerprint density at radius 1 is 1.20 bits per heavy atom. The molecule has 0 radical (unpaired) electrons. The van der Waals surface area contributed by atoms with E-state index in [0.29, 0.717) is 32.0 Å². The van der Waals surface area contributed by atoms with Crippen LogP contribution in [-0.2, 0) is 16.1 Å². The van der Waals surface area contributed by atoms with Crippen LogP contribution in [0.25, 0.3) is 11.3 Å². The van der Waals surface area contributed by atoms with Gasteiger partial charge in [-0.1, -0.05) is 54.6 Å². The zero-order chi connectivity index (χ0) is 20.1. The highest BCUT2D eigenvalue weighted by molar-refractivity contribution is 5.91.